The Bertz CT molecular complexity index is 835. The van der Waals surface area contributed by atoms with Crippen molar-refractivity contribution in [3.05, 3.63) is 0 Å². The molecular formula is C25H39N3O4. The van der Waals surface area contributed by atoms with E-state index in [0.29, 0.717) is 30.1 Å². The summed E-state index contributed by atoms with van der Waals surface area (Å²) in [5.41, 5.74) is 5.02. The third-order valence-corrected chi connectivity index (χ3v) is 9.17. The van der Waals surface area contributed by atoms with Gasteiger partial charge in [-0.15, -0.1) is 0 Å². The lowest BCUT2D eigenvalue weighted by Gasteiger charge is -2.63. The van der Waals surface area contributed by atoms with E-state index < -0.39 is 29.7 Å². The highest BCUT2D eigenvalue weighted by atomic mass is 16.6. The number of ether oxygens (including phenoxy) is 1. The molecule has 5 saturated carbocycles. The fourth-order valence-corrected chi connectivity index (χ4v) is 8.66. The van der Waals surface area contributed by atoms with Crippen LogP contribution in [-0.2, 0) is 14.3 Å². The Balaban J connectivity index is 1.48. The largest absolute Gasteiger partial charge is 0.444 e. The van der Waals surface area contributed by atoms with Crippen LogP contribution in [0.5, 0.6) is 0 Å². The predicted molar refractivity (Wildman–Crippen MR) is 119 cm³/mol. The van der Waals surface area contributed by atoms with E-state index in [1.165, 1.54) is 19.3 Å². The number of hydrogen-bond donors (Lipinski definition) is 2. The van der Waals surface area contributed by atoms with Crippen LogP contribution in [0, 0.1) is 34.5 Å². The standard InChI is InChI=1S/C25H39N3O4/c1-13-16-7-17(20(26)29)28(18(13)16)21(30)19(27-22(31)32-23(2,3)4)25-10-14-6-15(11-25)9-24(5,8-14)12-25/h13-19H,6-12H2,1-5H3,(H2,26,29)(H,27,31)/t13-,14?,15?,16+,17?,18-,19?,24?,25?/m0/s1. The highest BCUT2D eigenvalue weighted by Gasteiger charge is 2.65. The fourth-order valence-electron chi connectivity index (χ4n) is 8.66. The first kappa shape index (κ1) is 22.0. The SMILES string of the molecule is C[C@H]1[C@H]2CC(C(N)=O)N(C(=O)C(NC(=O)OC(C)(C)C)C34CC5CC(CC(C)(C5)C3)C4)[C@@H]12. The second-order valence-corrected chi connectivity index (χ2v) is 13.1. The Morgan fingerprint density at radius 2 is 1.72 bits per heavy atom. The summed E-state index contributed by atoms with van der Waals surface area (Å²) in [4.78, 5) is 41.1. The van der Waals surface area contributed by atoms with E-state index in [2.05, 4.69) is 19.2 Å². The van der Waals surface area contributed by atoms with E-state index in [9.17, 15) is 14.4 Å². The Morgan fingerprint density at radius 1 is 1.09 bits per heavy atom. The van der Waals surface area contributed by atoms with Crippen molar-refractivity contribution in [2.24, 2.45) is 40.2 Å². The number of nitrogens with one attached hydrogen (secondary N) is 1. The summed E-state index contributed by atoms with van der Waals surface area (Å²) in [7, 11) is 0. The molecule has 5 aliphatic carbocycles. The van der Waals surface area contributed by atoms with Crippen molar-refractivity contribution in [3.8, 4) is 0 Å². The molecule has 6 fully saturated rings. The van der Waals surface area contributed by atoms with Gasteiger partial charge in [0.15, 0.2) is 0 Å². The van der Waals surface area contributed by atoms with Gasteiger partial charge in [-0.25, -0.2) is 4.79 Å². The molecule has 6 aliphatic rings. The first-order valence-electron chi connectivity index (χ1n) is 12.4. The Hall–Kier alpha value is -1.79. The first-order valence-corrected chi connectivity index (χ1v) is 12.4. The molecule has 1 aliphatic heterocycles. The van der Waals surface area contributed by atoms with Gasteiger partial charge in [0.25, 0.3) is 0 Å². The van der Waals surface area contributed by atoms with Crippen molar-refractivity contribution < 1.29 is 19.1 Å². The van der Waals surface area contributed by atoms with Crippen molar-refractivity contribution in [3.63, 3.8) is 0 Å². The molecule has 1 saturated heterocycles. The summed E-state index contributed by atoms with van der Waals surface area (Å²) >= 11 is 0. The molecule has 7 heteroatoms. The second-order valence-electron chi connectivity index (χ2n) is 13.1. The number of hydrogen-bond acceptors (Lipinski definition) is 4. The number of fused-ring (bicyclic) bond motifs is 1. The zero-order valence-corrected chi connectivity index (χ0v) is 20.1. The summed E-state index contributed by atoms with van der Waals surface area (Å²) in [6.45, 7) is 9.98. The Morgan fingerprint density at radius 3 is 2.25 bits per heavy atom. The lowest BCUT2D eigenvalue weighted by Crippen LogP contribution is -2.65. The molecule has 3 amide bonds. The van der Waals surface area contributed by atoms with Gasteiger partial charge in [0.1, 0.15) is 17.7 Å². The molecule has 178 valence electrons. The number of carbonyl (C=O) groups excluding carboxylic acids is 3. The number of rotatable bonds is 4. The third kappa shape index (κ3) is 3.50. The summed E-state index contributed by atoms with van der Waals surface area (Å²) in [5, 5.41) is 3.03. The third-order valence-electron chi connectivity index (χ3n) is 9.17. The molecule has 0 aromatic carbocycles. The van der Waals surface area contributed by atoms with E-state index >= 15 is 0 Å². The van der Waals surface area contributed by atoms with Crippen molar-refractivity contribution >= 4 is 17.9 Å². The number of amides is 3. The average Bonchev–Trinajstić information content (AvgIpc) is 3.06. The summed E-state index contributed by atoms with van der Waals surface area (Å²) in [5.74, 6) is 1.37. The summed E-state index contributed by atoms with van der Waals surface area (Å²) < 4.78 is 5.59. The van der Waals surface area contributed by atoms with E-state index in [0.717, 1.165) is 19.3 Å². The minimum atomic E-state index is -0.670. The quantitative estimate of drug-likeness (QED) is 0.694. The maximum Gasteiger partial charge on any atom is 0.408 e. The molecule has 3 N–H and O–H groups in total. The summed E-state index contributed by atoms with van der Waals surface area (Å²) in [6, 6.07) is -1.18. The fraction of sp³-hybridized carbons (Fsp3) is 0.880. The molecule has 7 atom stereocenters. The van der Waals surface area contributed by atoms with Crippen molar-refractivity contribution in [2.45, 2.75) is 103 Å². The van der Waals surface area contributed by atoms with Crippen LogP contribution in [0.15, 0.2) is 0 Å². The van der Waals surface area contributed by atoms with E-state index in [1.54, 1.807) is 4.90 Å². The van der Waals surface area contributed by atoms with Crippen LogP contribution < -0.4 is 11.1 Å². The number of nitrogens with two attached hydrogens (primary N) is 1. The van der Waals surface area contributed by atoms with Crippen molar-refractivity contribution in [2.75, 3.05) is 0 Å². The van der Waals surface area contributed by atoms with E-state index in [-0.39, 0.29) is 22.8 Å². The Labute approximate surface area is 191 Å². The smallest absolute Gasteiger partial charge is 0.408 e. The highest BCUT2D eigenvalue weighted by molar-refractivity contribution is 5.93. The van der Waals surface area contributed by atoms with Gasteiger partial charge in [0.2, 0.25) is 11.8 Å². The van der Waals surface area contributed by atoms with Crippen LogP contribution in [0.1, 0.15) is 79.6 Å². The zero-order valence-electron chi connectivity index (χ0n) is 20.1. The number of alkyl carbamates (subject to hydrolysis) is 1. The van der Waals surface area contributed by atoms with Crippen LogP contribution >= 0.6 is 0 Å². The molecule has 7 nitrogen and oxygen atoms in total. The maximum absolute atomic E-state index is 14.2. The minimum absolute atomic E-state index is 0.0624. The minimum Gasteiger partial charge on any atom is -0.444 e. The van der Waals surface area contributed by atoms with Crippen LogP contribution in [0.25, 0.3) is 0 Å². The van der Waals surface area contributed by atoms with Gasteiger partial charge in [-0.1, -0.05) is 13.8 Å². The Kier molecular flexibility index (Phi) is 4.72. The van der Waals surface area contributed by atoms with Gasteiger partial charge in [0.05, 0.1) is 0 Å². The number of primary amides is 1. The number of carbonyl (C=O) groups is 3. The van der Waals surface area contributed by atoms with E-state index in [1.807, 2.05) is 20.8 Å². The van der Waals surface area contributed by atoms with Crippen LogP contribution in [0.3, 0.4) is 0 Å². The zero-order chi connectivity index (χ0) is 23.2. The van der Waals surface area contributed by atoms with Gasteiger partial charge in [-0.2, -0.15) is 0 Å². The molecule has 6 rings (SSSR count). The predicted octanol–water partition coefficient (Wildman–Crippen LogP) is 3.21. The van der Waals surface area contributed by atoms with Crippen LogP contribution in [0.4, 0.5) is 4.79 Å². The van der Waals surface area contributed by atoms with E-state index in [4.69, 9.17) is 10.5 Å². The monoisotopic (exact) mass is 445 g/mol. The molecule has 4 unspecified atom stereocenters. The van der Waals surface area contributed by atoms with Crippen molar-refractivity contribution in [1.82, 2.24) is 10.2 Å². The molecule has 0 aromatic heterocycles. The average molecular weight is 446 g/mol. The normalized spacial score (nSPS) is 44.7. The van der Waals surface area contributed by atoms with Gasteiger partial charge in [-0.3, -0.25) is 9.59 Å². The molecule has 1 heterocycles. The summed E-state index contributed by atoms with van der Waals surface area (Å²) in [6.07, 6.45) is 6.63. The molecule has 0 radical (unpaired) electrons. The topological polar surface area (TPSA) is 102 Å². The highest BCUT2D eigenvalue weighted by Crippen LogP contribution is 2.66. The van der Waals surface area contributed by atoms with Gasteiger partial charge >= 0.3 is 6.09 Å². The molecular weight excluding hydrogens is 406 g/mol. The van der Waals surface area contributed by atoms with Crippen molar-refractivity contribution in [1.29, 1.82) is 0 Å². The number of likely N-dealkylation sites (tertiary alicyclic amines) is 1. The maximum atomic E-state index is 14.2. The van der Waals surface area contributed by atoms with Crippen LogP contribution in [0.2, 0.25) is 0 Å². The molecule has 4 bridgehead atoms. The molecule has 32 heavy (non-hydrogen) atoms. The lowest BCUT2D eigenvalue weighted by atomic mass is 9.43. The van der Waals surface area contributed by atoms with Crippen LogP contribution in [-0.4, -0.2) is 46.5 Å². The number of piperidine rings is 1. The second kappa shape index (κ2) is 6.86. The van der Waals surface area contributed by atoms with Gasteiger partial charge < -0.3 is 20.7 Å². The number of nitrogens with zero attached hydrogens (tertiary/aromatic N) is 1. The molecule has 0 spiro atoms. The lowest BCUT2D eigenvalue weighted by molar-refractivity contribution is -0.156. The first-order chi connectivity index (χ1) is 14.8. The van der Waals surface area contributed by atoms with Gasteiger partial charge in [0, 0.05) is 11.5 Å². The molecule has 0 aromatic rings. The van der Waals surface area contributed by atoms with Gasteiger partial charge in [-0.05, 0) is 94.8 Å².